The normalized spacial score (nSPS) is 10.6. The second-order valence-corrected chi connectivity index (χ2v) is 2.46. The van der Waals surface area contributed by atoms with Crippen molar-refractivity contribution in [1.29, 1.82) is 0 Å². The summed E-state index contributed by atoms with van der Waals surface area (Å²) in [6.45, 7) is 0. The summed E-state index contributed by atoms with van der Waals surface area (Å²) in [4.78, 5) is 10.3. The molecule has 2 nitrogen and oxygen atoms in total. The van der Waals surface area contributed by atoms with Crippen molar-refractivity contribution in [3.8, 4) is 0 Å². The zero-order valence-electron chi connectivity index (χ0n) is 6.60. The lowest BCUT2D eigenvalue weighted by Gasteiger charge is -2.04. The first-order valence-electron chi connectivity index (χ1n) is 3.44. The third kappa shape index (κ3) is 1.84. The average Bonchev–Trinajstić information content (AvgIpc) is 2.01. The van der Waals surface area contributed by atoms with E-state index >= 15 is 0 Å². The Balaban J connectivity index is 3.32. The van der Waals surface area contributed by atoms with E-state index in [9.17, 15) is 22.4 Å². The van der Waals surface area contributed by atoms with E-state index in [0.717, 1.165) is 0 Å². The van der Waals surface area contributed by atoms with Gasteiger partial charge in [-0.1, -0.05) is 0 Å². The molecule has 0 heterocycles. The van der Waals surface area contributed by atoms with Crippen molar-refractivity contribution in [2.24, 2.45) is 0 Å². The minimum atomic E-state index is -3.31. The number of alkyl halides is 2. The molecule has 1 rings (SSSR count). The number of benzene rings is 1. The molecule has 0 fully saturated rings. The van der Waals surface area contributed by atoms with Crippen molar-refractivity contribution in [2.45, 2.75) is 6.43 Å². The maximum atomic E-state index is 12.7. The van der Waals surface area contributed by atoms with Crippen molar-refractivity contribution < 1.29 is 27.5 Å². The van der Waals surface area contributed by atoms with E-state index in [0.29, 0.717) is 12.1 Å². The van der Waals surface area contributed by atoms with E-state index in [2.05, 4.69) is 0 Å². The second kappa shape index (κ2) is 3.65. The largest absolute Gasteiger partial charge is 0.478 e. The van der Waals surface area contributed by atoms with Crippen LogP contribution in [0, 0.1) is 11.6 Å². The summed E-state index contributed by atoms with van der Waals surface area (Å²) in [6, 6.07) is 0.708. The number of hydrogen-bond acceptors (Lipinski definition) is 1. The minimum absolute atomic E-state index is 0.354. The molecule has 0 aliphatic rings. The molecular formula is C8H4F4O2. The molecule has 14 heavy (non-hydrogen) atoms. The van der Waals surface area contributed by atoms with Gasteiger partial charge in [-0.25, -0.2) is 22.4 Å². The van der Waals surface area contributed by atoms with Gasteiger partial charge >= 0.3 is 5.97 Å². The van der Waals surface area contributed by atoms with Crippen LogP contribution in [0.1, 0.15) is 22.3 Å². The van der Waals surface area contributed by atoms with Crippen LogP contribution in [-0.4, -0.2) is 11.1 Å². The van der Waals surface area contributed by atoms with Crippen LogP contribution < -0.4 is 0 Å². The molecule has 0 unspecified atom stereocenters. The van der Waals surface area contributed by atoms with Crippen LogP contribution >= 0.6 is 0 Å². The molecule has 6 heteroatoms. The Kier molecular flexibility index (Phi) is 2.73. The fourth-order valence-corrected chi connectivity index (χ4v) is 0.916. The summed E-state index contributed by atoms with van der Waals surface area (Å²) < 4.78 is 49.5. The van der Waals surface area contributed by atoms with Crippen molar-refractivity contribution in [1.82, 2.24) is 0 Å². The Hall–Kier alpha value is -1.59. The summed E-state index contributed by atoms with van der Waals surface area (Å²) in [5.41, 5.74) is -2.11. The fraction of sp³-hybridized carbons (Fsp3) is 0.125. The summed E-state index contributed by atoms with van der Waals surface area (Å²) in [5.74, 6) is -4.70. The number of aromatic carboxylic acids is 1. The molecule has 1 N–H and O–H groups in total. The molecule has 0 radical (unpaired) electrons. The molecule has 0 saturated heterocycles. The molecule has 76 valence electrons. The van der Waals surface area contributed by atoms with E-state index < -0.39 is 35.2 Å². The molecule has 1 aromatic rings. The van der Waals surface area contributed by atoms with Crippen LogP contribution in [0.25, 0.3) is 0 Å². The van der Waals surface area contributed by atoms with Crippen LogP contribution in [0.5, 0.6) is 0 Å². The molecule has 0 spiro atoms. The van der Waals surface area contributed by atoms with Gasteiger partial charge in [-0.15, -0.1) is 0 Å². The topological polar surface area (TPSA) is 37.3 Å². The molecule has 0 amide bonds. The van der Waals surface area contributed by atoms with Crippen molar-refractivity contribution in [3.63, 3.8) is 0 Å². The van der Waals surface area contributed by atoms with Crippen molar-refractivity contribution in [2.75, 3.05) is 0 Å². The van der Waals surface area contributed by atoms with E-state index in [1.807, 2.05) is 0 Å². The molecule has 0 aliphatic heterocycles. The zero-order chi connectivity index (χ0) is 10.9. The van der Waals surface area contributed by atoms with Gasteiger partial charge in [0.25, 0.3) is 6.43 Å². The maximum Gasteiger partial charge on any atom is 0.335 e. The van der Waals surface area contributed by atoms with Gasteiger partial charge in [0.2, 0.25) is 0 Å². The monoisotopic (exact) mass is 208 g/mol. The first-order valence-corrected chi connectivity index (χ1v) is 3.44. The van der Waals surface area contributed by atoms with Crippen LogP contribution in [0.15, 0.2) is 12.1 Å². The average molecular weight is 208 g/mol. The van der Waals surface area contributed by atoms with Crippen LogP contribution in [-0.2, 0) is 0 Å². The van der Waals surface area contributed by atoms with Gasteiger partial charge in [0.15, 0.2) is 0 Å². The van der Waals surface area contributed by atoms with E-state index in [1.54, 1.807) is 0 Å². The SMILES string of the molecule is O=C(O)c1cc(F)c(C(F)F)c(F)c1. The number of hydrogen-bond donors (Lipinski definition) is 1. The van der Waals surface area contributed by atoms with Gasteiger partial charge in [0, 0.05) is 0 Å². The first kappa shape index (κ1) is 10.5. The van der Waals surface area contributed by atoms with Gasteiger partial charge in [0.05, 0.1) is 11.1 Å². The van der Waals surface area contributed by atoms with Gasteiger partial charge in [-0.2, -0.15) is 0 Å². The lowest BCUT2D eigenvalue weighted by Crippen LogP contribution is -2.03. The van der Waals surface area contributed by atoms with E-state index in [-0.39, 0.29) is 0 Å². The highest BCUT2D eigenvalue weighted by molar-refractivity contribution is 5.87. The van der Waals surface area contributed by atoms with Crippen LogP contribution in [0.2, 0.25) is 0 Å². The second-order valence-electron chi connectivity index (χ2n) is 2.46. The maximum absolute atomic E-state index is 12.7. The lowest BCUT2D eigenvalue weighted by atomic mass is 10.1. The Labute approximate surface area is 75.8 Å². The number of carbonyl (C=O) groups is 1. The molecule has 0 aromatic heterocycles. The highest BCUT2D eigenvalue weighted by atomic mass is 19.3. The quantitative estimate of drug-likeness (QED) is 0.758. The predicted octanol–water partition coefficient (Wildman–Crippen LogP) is 2.60. The third-order valence-electron chi connectivity index (χ3n) is 1.54. The molecule has 0 aliphatic carbocycles. The lowest BCUT2D eigenvalue weighted by molar-refractivity contribution is 0.0694. The van der Waals surface area contributed by atoms with Gasteiger partial charge in [-0.05, 0) is 12.1 Å². The van der Waals surface area contributed by atoms with E-state index in [4.69, 9.17) is 5.11 Å². The zero-order valence-corrected chi connectivity index (χ0v) is 6.60. The molecule has 0 atom stereocenters. The van der Waals surface area contributed by atoms with Gasteiger partial charge in [-0.3, -0.25) is 0 Å². The Morgan fingerprint density at radius 2 is 1.64 bits per heavy atom. The van der Waals surface area contributed by atoms with Crippen molar-refractivity contribution >= 4 is 5.97 Å². The smallest absolute Gasteiger partial charge is 0.335 e. The number of halogens is 4. The summed E-state index contributed by atoms with van der Waals surface area (Å²) in [5, 5.41) is 8.34. The van der Waals surface area contributed by atoms with Crippen LogP contribution in [0.4, 0.5) is 17.6 Å². The van der Waals surface area contributed by atoms with Gasteiger partial charge < -0.3 is 5.11 Å². The molecular weight excluding hydrogens is 204 g/mol. The number of carboxylic acids is 1. The Morgan fingerprint density at radius 3 is 1.93 bits per heavy atom. The Morgan fingerprint density at radius 1 is 1.21 bits per heavy atom. The molecule has 0 saturated carbocycles. The minimum Gasteiger partial charge on any atom is -0.478 e. The molecule has 1 aromatic carbocycles. The predicted molar refractivity (Wildman–Crippen MR) is 38.3 cm³/mol. The van der Waals surface area contributed by atoms with Crippen LogP contribution in [0.3, 0.4) is 0 Å². The third-order valence-corrected chi connectivity index (χ3v) is 1.54. The van der Waals surface area contributed by atoms with Crippen molar-refractivity contribution in [3.05, 3.63) is 34.9 Å². The number of carboxylic acid groups (broad SMARTS) is 1. The number of rotatable bonds is 2. The molecule has 0 bridgehead atoms. The summed E-state index contributed by atoms with van der Waals surface area (Å²) >= 11 is 0. The standard InChI is InChI=1S/C8H4F4O2/c9-4-1-3(8(13)14)2-5(10)6(4)7(11)12/h1-2,7H,(H,13,14). The van der Waals surface area contributed by atoms with Gasteiger partial charge in [0.1, 0.15) is 11.6 Å². The highest BCUT2D eigenvalue weighted by Crippen LogP contribution is 2.26. The first-order chi connectivity index (χ1) is 6.43. The Bertz CT molecular complexity index is 353. The summed E-state index contributed by atoms with van der Waals surface area (Å²) in [6.07, 6.45) is -3.31. The van der Waals surface area contributed by atoms with E-state index in [1.165, 1.54) is 0 Å². The summed E-state index contributed by atoms with van der Waals surface area (Å²) in [7, 11) is 0. The fourth-order valence-electron chi connectivity index (χ4n) is 0.916. The highest BCUT2D eigenvalue weighted by Gasteiger charge is 2.21.